The second-order valence-electron chi connectivity index (χ2n) is 8.68. The Labute approximate surface area is 193 Å². The summed E-state index contributed by atoms with van der Waals surface area (Å²) < 4.78 is 13.1. The predicted molar refractivity (Wildman–Crippen MR) is 127 cm³/mol. The molecule has 33 heavy (non-hydrogen) atoms. The number of likely N-dealkylation sites (tertiary alicyclic amines) is 1. The summed E-state index contributed by atoms with van der Waals surface area (Å²) in [7, 11) is 0. The summed E-state index contributed by atoms with van der Waals surface area (Å²) >= 11 is 0. The van der Waals surface area contributed by atoms with Crippen molar-refractivity contribution >= 4 is 10.9 Å². The maximum absolute atomic E-state index is 12.5. The van der Waals surface area contributed by atoms with Gasteiger partial charge in [-0.25, -0.2) is 0 Å². The van der Waals surface area contributed by atoms with Crippen molar-refractivity contribution in [1.82, 2.24) is 14.8 Å². The van der Waals surface area contributed by atoms with E-state index in [2.05, 4.69) is 28.4 Å². The first-order chi connectivity index (χ1) is 16.2. The van der Waals surface area contributed by atoms with Crippen LogP contribution in [0.3, 0.4) is 0 Å². The second kappa shape index (κ2) is 9.65. The van der Waals surface area contributed by atoms with Gasteiger partial charge < -0.3 is 24.3 Å². The van der Waals surface area contributed by atoms with Crippen LogP contribution in [0.1, 0.15) is 24.0 Å². The summed E-state index contributed by atoms with van der Waals surface area (Å²) in [5, 5.41) is 13.9. The average Bonchev–Trinajstić information content (AvgIpc) is 2.87. The van der Waals surface area contributed by atoms with Crippen molar-refractivity contribution in [1.29, 1.82) is 5.26 Å². The van der Waals surface area contributed by atoms with Crippen molar-refractivity contribution in [2.45, 2.75) is 32.0 Å². The zero-order valence-corrected chi connectivity index (χ0v) is 18.6. The van der Waals surface area contributed by atoms with Crippen molar-refractivity contribution in [3.8, 4) is 17.6 Å². The molecule has 0 unspecified atom stereocenters. The average molecular weight is 445 g/mol. The molecule has 0 bridgehead atoms. The van der Waals surface area contributed by atoms with Crippen LogP contribution < -0.4 is 20.3 Å². The number of pyridine rings is 1. The van der Waals surface area contributed by atoms with Crippen LogP contribution in [0.15, 0.2) is 53.3 Å². The lowest BCUT2D eigenvalue weighted by Gasteiger charge is -2.32. The Balaban J connectivity index is 1.14. The Hall–Kier alpha value is -3.34. The molecule has 3 aromatic rings. The molecule has 1 aromatic heterocycles. The lowest BCUT2D eigenvalue weighted by atomic mass is 10.0. The van der Waals surface area contributed by atoms with Crippen LogP contribution in [-0.4, -0.2) is 48.4 Å². The van der Waals surface area contributed by atoms with Crippen LogP contribution in [0.25, 0.3) is 10.9 Å². The van der Waals surface area contributed by atoms with Gasteiger partial charge in [0.2, 0.25) is 0 Å². The van der Waals surface area contributed by atoms with Crippen LogP contribution in [0, 0.1) is 11.3 Å². The second-order valence-corrected chi connectivity index (χ2v) is 8.68. The van der Waals surface area contributed by atoms with E-state index in [0.717, 1.165) is 61.4 Å². The van der Waals surface area contributed by atoms with E-state index in [9.17, 15) is 10.1 Å². The van der Waals surface area contributed by atoms with E-state index in [-0.39, 0.29) is 5.56 Å². The fourth-order valence-corrected chi connectivity index (χ4v) is 4.65. The van der Waals surface area contributed by atoms with Crippen LogP contribution in [-0.2, 0) is 13.1 Å². The molecule has 0 amide bonds. The highest BCUT2D eigenvalue weighted by atomic mass is 16.6. The normalized spacial score (nSPS) is 16.6. The van der Waals surface area contributed by atoms with E-state index in [4.69, 9.17) is 9.47 Å². The minimum absolute atomic E-state index is 0.0198. The minimum atomic E-state index is -0.0198. The molecule has 0 spiro atoms. The third kappa shape index (κ3) is 4.87. The molecule has 0 atom stereocenters. The van der Waals surface area contributed by atoms with E-state index >= 15 is 0 Å². The third-order valence-electron chi connectivity index (χ3n) is 6.55. The lowest BCUT2D eigenvalue weighted by molar-refractivity contribution is 0.171. The van der Waals surface area contributed by atoms with E-state index < -0.39 is 0 Å². The molecule has 2 aliphatic heterocycles. The quantitative estimate of drug-likeness (QED) is 0.630. The monoisotopic (exact) mass is 444 g/mol. The molecule has 7 nitrogen and oxygen atoms in total. The number of hydrogen-bond donors (Lipinski definition) is 1. The number of ether oxygens (including phenoxy) is 2. The summed E-state index contributed by atoms with van der Waals surface area (Å²) in [6, 6.07) is 17.7. The lowest BCUT2D eigenvalue weighted by Crippen LogP contribution is -2.43. The number of piperidine rings is 1. The predicted octanol–water partition coefficient (Wildman–Crippen LogP) is 2.90. The molecule has 7 heteroatoms. The van der Waals surface area contributed by atoms with Gasteiger partial charge in [0, 0.05) is 31.7 Å². The first-order valence-corrected chi connectivity index (χ1v) is 11.6. The first-order valence-electron chi connectivity index (χ1n) is 11.6. The number of aromatic nitrogens is 1. The maximum atomic E-state index is 12.5. The molecule has 170 valence electrons. The number of nitrogens with one attached hydrogen (secondary N) is 1. The van der Waals surface area contributed by atoms with Gasteiger partial charge in [-0.1, -0.05) is 12.1 Å². The molecular weight excluding hydrogens is 416 g/mol. The summed E-state index contributed by atoms with van der Waals surface area (Å²) in [4.78, 5) is 14.9. The number of nitriles is 1. The molecule has 5 rings (SSSR count). The molecule has 1 fully saturated rings. The smallest absolute Gasteiger partial charge is 0.251 e. The fraction of sp³-hybridized carbons (Fsp3) is 0.385. The van der Waals surface area contributed by atoms with E-state index in [1.54, 1.807) is 16.7 Å². The number of rotatable bonds is 6. The molecule has 0 aliphatic carbocycles. The summed E-state index contributed by atoms with van der Waals surface area (Å²) in [6.45, 7) is 5.48. The van der Waals surface area contributed by atoms with E-state index in [0.29, 0.717) is 31.4 Å². The molecule has 1 saturated heterocycles. The van der Waals surface area contributed by atoms with Crippen LogP contribution in [0.2, 0.25) is 0 Å². The van der Waals surface area contributed by atoms with Gasteiger partial charge in [0.25, 0.3) is 5.56 Å². The Morgan fingerprint density at radius 3 is 2.58 bits per heavy atom. The fourth-order valence-electron chi connectivity index (χ4n) is 4.65. The van der Waals surface area contributed by atoms with Gasteiger partial charge in [-0.15, -0.1) is 0 Å². The highest BCUT2D eigenvalue weighted by Gasteiger charge is 2.19. The topological polar surface area (TPSA) is 79.5 Å². The zero-order valence-electron chi connectivity index (χ0n) is 18.6. The molecule has 0 radical (unpaired) electrons. The highest BCUT2D eigenvalue weighted by molar-refractivity contribution is 5.80. The van der Waals surface area contributed by atoms with Gasteiger partial charge in [0.1, 0.15) is 13.2 Å². The Morgan fingerprint density at radius 1 is 0.970 bits per heavy atom. The number of hydrogen-bond acceptors (Lipinski definition) is 6. The van der Waals surface area contributed by atoms with Crippen LogP contribution in [0.4, 0.5) is 0 Å². The molecule has 2 aliphatic rings. The Morgan fingerprint density at radius 2 is 1.76 bits per heavy atom. The number of fused-ring (bicyclic) bond motifs is 2. The van der Waals surface area contributed by atoms with E-state index in [1.807, 2.05) is 24.3 Å². The third-order valence-corrected chi connectivity index (χ3v) is 6.55. The largest absolute Gasteiger partial charge is 0.486 e. The van der Waals surface area contributed by atoms with Crippen molar-refractivity contribution < 1.29 is 9.47 Å². The summed E-state index contributed by atoms with van der Waals surface area (Å²) in [5.74, 6) is 1.66. The van der Waals surface area contributed by atoms with Crippen LogP contribution in [0.5, 0.6) is 11.5 Å². The van der Waals surface area contributed by atoms with Gasteiger partial charge in [0.15, 0.2) is 11.5 Å². The highest BCUT2D eigenvalue weighted by Crippen LogP contribution is 2.30. The van der Waals surface area contributed by atoms with Crippen molar-refractivity contribution in [3.05, 3.63) is 70.0 Å². The van der Waals surface area contributed by atoms with Crippen LogP contribution >= 0.6 is 0 Å². The van der Waals surface area contributed by atoms with Gasteiger partial charge in [-0.05, 0) is 67.2 Å². The SMILES string of the molecule is N#Cc1ccc2ccc(=O)n(CCN3CCC(NCc4ccc5c(c4)OCCO5)CC3)c2c1. The summed E-state index contributed by atoms with van der Waals surface area (Å²) in [5.41, 5.74) is 2.59. The molecule has 1 N–H and O–H groups in total. The van der Waals surface area contributed by atoms with Gasteiger partial charge >= 0.3 is 0 Å². The van der Waals surface area contributed by atoms with Crippen molar-refractivity contribution in [2.24, 2.45) is 0 Å². The molecule has 2 aromatic carbocycles. The number of benzene rings is 2. The Bertz CT molecular complexity index is 1240. The van der Waals surface area contributed by atoms with Gasteiger partial charge in [0.05, 0.1) is 17.1 Å². The first kappa shape index (κ1) is 21.5. The van der Waals surface area contributed by atoms with Gasteiger partial charge in [-0.3, -0.25) is 4.79 Å². The van der Waals surface area contributed by atoms with Crippen molar-refractivity contribution in [3.63, 3.8) is 0 Å². The molecule has 3 heterocycles. The maximum Gasteiger partial charge on any atom is 0.251 e. The standard InChI is InChI=1S/C26H28N4O3/c27-17-19-1-3-21-4-6-26(31)30(23(21)15-19)12-11-29-9-7-22(8-10-29)28-18-20-2-5-24-25(16-20)33-14-13-32-24/h1-6,15-16,22,28H,7-14,18H2. The van der Waals surface area contributed by atoms with Crippen molar-refractivity contribution in [2.75, 3.05) is 32.8 Å². The molecule has 0 saturated carbocycles. The Kier molecular flexibility index (Phi) is 6.29. The summed E-state index contributed by atoms with van der Waals surface area (Å²) in [6.07, 6.45) is 2.15. The zero-order chi connectivity index (χ0) is 22.6. The van der Waals surface area contributed by atoms with Gasteiger partial charge in [-0.2, -0.15) is 5.26 Å². The van der Waals surface area contributed by atoms with E-state index in [1.165, 1.54) is 5.56 Å². The minimum Gasteiger partial charge on any atom is -0.486 e. The number of nitrogens with zero attached hydrogens (tertiary/aromatic N) is 3. The molecular formula is C26H28N4O3.